The van der Waals surface area contributed by atoms with Crippen molar-refractivity contribution in [1.82, 2.24) is 15.0 Å². The van der Waals surface area contributed by atoms with E-state index in [1.807, 2.05) is 13.1 Å². The van der Waals surface area contributed by atoms with E-state index in [0.717, 1.165) is 18.5 Å². The zero-order valence-electron chi connectivity index (χ0n) is 7.59. The summed E-state index contributed by atoms with van der Waals surface area (Å²) < 4.78 is 1.72. The Morgan fingerprint density at radius 2 is 2.46 bits per heavy atom. The number of aliphatic hydroxyl groups is 1. The SMILES string of the molecule is CC(N)c1cn(C2CCC2O)nn1. The fourth-order valence-corrected chi connectivity index (χ4v) is 1.43. The van der Waals surface area contributed by atoms with Gasteiger partial charge in [0.05, 0.1) is 24.0 Å². The lowest BCUT2D eigenvalue weighted by Gasteiger charge is -2.31. The lowest BCUT2D eigenvalue weighted by molar-refractivity contribution is 0.0244. The summed E-state index contributed by atoms with van der Waals surface area (Å²) in [6, 6.07) is 0.0194. The number of hydrogen-bond donors (Lipinski definition) is 2. The summed E-state index contributed by atoms with van der Waals surface area (Å²) in [7, 11) is 0. The minimum absolute atomic E-state index is 0.0917. The number of nitrogens with zero attached hydrogens (tertiary/aromatic N) is 3. The Bertz CT molecular complexity index is 296. The topological polar surface area (TPSA) is 77.0 Å². The molecule has 3 atom stereocenters. The molecule has 1 aromatic rings. The minimum Gasteiger partial charge on any atom is -0.391 e. The van der Waals surface area contributed by atoms with E-state index in [2.05, 4.69) is 10.3 Å². The first-order valence-corrected chi connectivity index (χ1v) is 4.54. The van der Waals surface area contributed by atoms with E-state index < -0.39 is 0 Å². The van der Waals surface area contributed by atoms with Gasteiger partial charge in [0, 0.05) is 6.04 Å². The molecular weight excluding hydrogens is 168 g/mol. The molecule has 3 unspecified atom stereocenters. The van der Waals surface area contributed by atoms with E-state index in [0.29, 0.717) is 0 Å². The van der Waals surface area contributed by atoms with Crippen molar-refractivity contribution in [2.75, 3.05) is 0 Å². The number of aliphatic hydroxyl groups excluding tert-OH is 1. The van der Waals surface area contributed by atoms with Crippen LogP contribution in [0, 0.1) is 0 Å². The first-order valence-electron chi connectivity index (χ1n) is 4.54. The van der Waals surface area contributed by atoms with Gasteiger partial charge in [-0.25, -0.2) is 4.68 Å². The highest BCUT2D eigenvalue weighted by molar-refractivity contribution is 5.00. The van der Waals surface area contributed by atoms with Crippen molar-refractivity contribution in [3.05, 3.63) is 11.9 Å². The van der Waals surface area contributed by atoms with Crippen LogP contribution in [0.25, 0.3) is 0 Å². The molecule has 13 heavy (non-hydrogen) atoms. The second-order valence-corrected chi connectivity index (χ2v) is 3.62. The number of rotatable bonds is 2. The van der Waals surface area contributed by atoms with Crippen molar-refractivity contribution in [2.24, 2.45) is 5.73 Å². The molecule has 0 aromatic carbocycles. The molecular formula is C8H14N4O. The molecule has 5 nitrogen and oxygen atoms in total. The number of aromatic nitrogens is 3. The third-order valence-electron chi connectivity index (χ3n) is 2.54. The molecule has 5 heteroatoms. The van der Waals surface area contributed by atoms with E-state index in [1.54, 1.807) is 4.68 Å². The maximum Gasteiger partial charge on any atom is 0.0991 e. The monoisotopic (exact) mass is 182 g/mol. The fourth-order valence-electron chi connectivity index (χ4n) is 1.43. The van der Waals surface area contributed by atoms with Gasteiger partial charge < -0.3 is 10.8 Å². The van der Waals surface area contributed by atoms with Gasteiger partial charge in [0.15, 0.2) is 0 Å². The smallest absolute Gasteiger partial charge is 0.0991 e. The van der Waals surface area contributed by atoms with Gasteiger partial charge in [-0.05, 0) is 19.8 Å². The van der Waals surface area contributed by atoms with Crippen LogP contribution in [-0.2, 0) is 0 Å². The van der Waals surface area contributed by atoms with Crippen LogP contribution >= 0.6 is 0 Å². The minimum atomic E-state index is -0.261. The largest absolute Gasteiger partial charge is 0.391 e. The molecule has 0 aliphatic heterocycles. The summed E-state index contributed by atoms with van der Waals surface area (Å²) in [5.41, 5.74) is 6.42. The lowest BCUT2D eigenvalue weighted by Crippen LogP contribution is -2.34. The molecule has 1 aliphatic carbocycles. The van der Waals surface area contributed by atoms with Gasteiger partial charge in [0.2, 0.25) is 0 Å². The van der Waals surface area contributed by atoms with Crippen LogP contribution in [0.3, 0.4) is 0 Å². The Morgan fingerprint density at radius 1 is 1.69 bits per heavy atom. The van der Waals surface area contributed by atoms with Crippen LogP contribution in [0.2, 0.25) is 0 Å². The number of hydrogen-bond acceptors (Lipinski definition) is 4. The molecule has 1 aromatic heterocycles. The van der Waals surface area contributed by atoms with E-state index in [4.69, 9.17) is 5.73 Å². The Balaban J connectivity index is 2.13. The summed E-state index contributed by atoms with van der Waals surface area (Å²) in [6.45, 7) is 1.87. The Labute approximate surface area is 76.5 Å². The van der Waals surface area contributed by atoms with Crippen LogP contribution in [0.5, 0.6) is 0 Å². The maximum absolute atomic E-state index is 9.39. The molecule has 72 valence electrons. The molecule has 0 radical (unpaired) electrons. The highest BCUT2D eigenvalue weighted by Gasteiger charge is 2.31. The summed E-state index contributed by atoms with van der Waals surface area (Å²) in [5.74, 6) is 0. The van der Waals surface area contributed by atoms with Gasteiger partial charge in [0.25, 0.3) is 0 Å². The average molecular weight is 182 g/mol. The van der Waals surface area contributed by atoms with Gasteiger partial charge >= 0.3 is 0 Å². The number of nitrogens with two attached hydrogens (primary N) is 1. The Kier molecular flexibility index (Phi) is 2.05. The predicted octanol–water partition coefficient (Wildman–Crippen LogP) is -0.00640. The highest BCUT2D eigenvalue weighted by Crippen LogP contribution is 2.31. The molecule has 0 saturated heterocycles. The van der Waals surface area contributed by atoms with Gasteiger partial charge in [-0.15, -0.1) is 5.10 Å². The van der Waals surface area contributed by atoms with Crippen LogP contribution in [0.4, 0.5) is 0 Å². The molecule has 1 heterocycles. The van der Waals surface area contributed by atoms with Gasteiger partial charge in [0.1, 0.15) is 0 Å². The van der Waals surface area contributed by atoms with E-state index in [1.165, 1.54) is 0 Å². The first-order chi connectivity index (χ1) is 6.18. The lowest BCUT2D eigenvalue weighted by atomic mass is 9.89. The zero-order valence-corrected chi connectivity index (χ0v) is 7.59. The van der Waals surface area contributed by atoms with Crippen molar-refractivity contribution in [3.63, 3.8) is 0 Å². The van der Waals surface area contributed by atoms with Crippen LogP contribution in [0.1, 0.15) is 37.5 Å². The highest BCUT2D eigenvalue weighted by atomic mass is 16.3. The molecule has 3 N–H and O–H groups in total. The molecule has 0 bridgehead atoms. The molecule has 1 fully saturated rings. The zero-order chi connectivity index (χ0) is 9.42. The van der Waals surface area contributed by atoms with Crippen LogP contribution in [0.15, 0.2) is 6.20 Å². The second-order valence-electron chi connectivity index (χ2n) is 3.62. The van der Waals surface area contributed by atoms with Crippen molar-refractivity contribution in [3.8, 4) is 0 Å². The van der Waals surface area contributed by atoms with E-state index in [9.17, 15) is 5.11 Å². The first kappa shape index (κ1) is 8.65. The normalized spacial score (nSPS) is 29.8. The molecule has 0 spiro atoms. The van der Waals surface area contributed by atoms with Crippen molar-refractivity contribution < 1.29 is 5.11 Å². The molecule has 1 saturated carbocycles. The third-order valence-corrected chi connectivity index (χ3v) is 2.54. The second kappa shape index (κ2) is 3.08. The molecule has 1 aliphatic rings. The quantitative estimate of drug-likeness (QED) is 0.674. The van der Waals surface area contributed by atoms with Crippen molar-refractivity contribution >= 4 is 0 Å². The summed E-state index contributed by atoms with van der Waals surface area (Å²) in [6.07, 6.45) is 3.39. The van der Waals surface area contributed by atoms with Crippen molar-refractivity contribution in [1.29, 1.82) is 0 Å². The van der Waals surface area contributed by atoms with Crippen LogP contribution in [-0.4, -0.2) is 26.2 Å². The Hall–Kier alpha value is -0.940. The van der Waals surface area contributed by atoms with E-state index >= 15 is 0 Å². The molecule has 2 rings (SSSR count). The summed E-state index contributed by atoms with van der Waals surface area (Å²) in [4.78, 5) is 0. The summed E-state index contributed by atoms with van der Waals surface area (Å²) in [5, 5.41) is 17.3. The van der Waals surface area contributed by atoms with Gasteiger partial charge in [-0.3, -0.25) is 0 Å². The van der Waals surface area contributed by atoms with Crippen molar-refractivity contribution in [2.45, 2.75) is 38.0 Å². The average Bonchev–Trinajstić information content (AvgIpc) is 2.50. The molecule has 0 amide bonds. The van der Waals surface area contributed by atoms with Crippen LogP contribution < -0.4 is 5.73 Å². The van der Waals surface area contributed by atoms with E-state index in [-0.39, 0.29) is 18.2 Å². The fraction of sp³-hybridized carbons (Fsp3) is 0.750. The Morgan fingerprint density at radius 3 is 2.85 bits per heavy atom. The standard InChI is InChI=1S/C8H14N4O/c1-5(9)6-4-12(11-10-6)7-2-3-8(7)13/h4-5,7-8,13H,2-3,9H2,1H3. The van der Waals surface area contributed by atoms with Gasteiger partial charge in [-0.1, -0.05) is 5.21 Å². The maximum atomic E-state index is 9.39. The van der Waals surface area contributed by atoms with Gasteiger partial charge in [-0.2, -0.15) is 0 Å². The summed E-state index contributed by atoms with van der Waals surface area (Å²) >= 11 is 0. The third kappa shape index (κ3) is 1.45. The predicted molar refractivity (Wildman–Crippen MR) is 46.9 cm³/mol.